The summed E-state index contributed by atoms with van der Waals surface area (Å²) in [5.74, 6) is 0.647. The van der Waals surface area contributed by atoms with Crippen LogP contribution in [0, 0.1) is 0 Å². The Hall–Kier alpha value is -2.84. The van der Waals surface area contributed by atoms with E-state index in [-0.39, 0.29) is 6.10 Å². The van der Waals surface area contributed by atoms with E-state index in [1.807, 2.05) is 12.1 Å². The minimum atomic E-state index is 0.0707. The lowest BCUT2D eigenvalue weighted by Gasteiger charge is -2.36. The van der Waals surface area contributed by atoms with Gasteiger partial charge in [0.05, 0.1) is 29.8 Å². The van der Waals surface area contributed by atoms with Crippen LogP contribution in [0.15, 0.2) is 42.9 Å². The number of ether oxygens (including phenoxy) is 2. The maximum absolute atomic E-state index is 6.10. The molecule has 29 heavy (non-hydrogen) atoms. The second kappa shape index (κ2) is 8.26. The van der Waals surface area contributed by atoms with Crippen molar-refractivity contribution < 1.29 is 9.47 Å². The summed E-state index contributed by atoms with van der Waals surface area (Å²) < 4.78 is 11.5. The molecule has 0 aliphatic carbocycles. The molecular weight excluding hydrogens is 368 g/mol. The third-order valence-electron chi connectivity index (χ3n) is 5.50. The van der Waals surface area contributed by atoms with Crippen molar-refractivity contribution in [3.63, 3.8) is 0 Å². The van der Waals surface area contributed by atoms with Crippen molar-refractivity contribution in [2.45, 2.75) is 19.1 Å². The smallest absolute Gasteiger partial charge is 0.224 e. The molecule has 0 radical (unpaired) electrons. The monoisotopic (exact) mass is 392 g/mol. The lowest BCUT2D eigenvalue weighted by Crippen LogP contribution is -2.46. The van der Waals surface area contributed by atoms with Gasteiger partial charge in [0.1, 0.15) is 12.4 Å². The molecule has 3 aromatic rings. The molecule has 1 atom stereocenters. The van der Waals surface area contributed by atoms with Crippen molar-refractivity contribution in [2.24, 2.45) is 0 Å². The first kappa shape index (κ1) is 18.2. The summed E-state index contributed by atoms with van der Waals surface area (Å²) in [6.45, 7) is 6.12. The van der Waals surface area contributed by atoms with Crippen LogP contribution in [0.1, 0.15) is 12.1 Å². The average molecular weight is 392 g/mol. The van der Waals surface area contributed by atoms with Crippen LogP contribution in [-0.4, -0.2) is 70.6 Å². The van der Waals surface area contributed by atoms with Gasteiger partial charge in [0.2, 0.25) is 5.88 Å². The Morgan fingerprint density at radius 1 is 1.10 bits per heavy atom. The molecule has 1 unspecified atom stereocenters. The lowest BCUT2D eigenvalue weighted by molar-refractivity contribution is 0.139. The van der Waals surface area contributed by atoms with Gasteiger partial charge in [-0.1, -0.05) is 0 Å². The van der Waals surface area contributed by atoms with Gasteiger partial charge in [-0.25, -0.2) is 9.97 Å². The molecule has 150 valence electrons. The number of anilines is 1. The normalized spacial score (nSPS) is 20.3. The number of aromatic nitrogens is 4. The first-order valence-corrected chi connectivity index (χ1v) is 10.1. The van der Waals surface area contributed by atoms with Crippen LogP contribution in [0.3, 0.4) is 0 Å². The molecule has 1 aromatic carbocycles. The van der Waals surface area contributed by atoms with Crippen molar-refractivity contribution in [1.82, 2.24) is 25.1 Å². The van der Waals surface area contributed by atoms with E-state index < -0.39 is 0 Å². The summed E-state index contributed by atoms with van der Waals surface area (Å²) in [7, 11) is 0. The van der Waals surface area contributed by atoms with Crippen LogP contribution in [0.2, 0.25) is 0 Å². The quantitative estimate of drug-likeness (QED) is 0.652. The molecule has 0 spiro atoms. The fourth-order valence-electron chi connectivity index (χ4n) is 3.89. The molecule has 8 nitrogen and oxygen atoms in total. The fourth-order valence-corrected chi connectivity index (χ4v) is 3.89. The van der Waals surface area contributed by atoms with Crippen LogP contribution in [-0.2, 0) is 11.3 Å². The summed E-state index contributed by atoms with van der Waals surface area (Å²) in [5.41, 5.74) is 3.10. The third kappa shape index (κ3) is 4.13. The highest BCUT2D eigenvalue weighted by atomic mass is 16.5. The fraction of sp³-hybridized carbons (Fsp3) is 0.429. The van der Waals surface area contributed by atoms with E-state index in [0.717, 1.165) is 62.3 Å². The van der Waals surface area contributed by atoms with E-state index in [2.05, 4.69) is 48.2 Å². The standard InChI is InChI=1S/C21H24N6O2/c1-2-16(25-24-6-1)13-26-7-9-27(10-8-26)17-3-4-20-19(12-17)21(23-15-22-20)29-18-5-11-28-14-18/h1-4,6,12,15,18H,5,7-11,13-14H2. The highest BCUT2D eigenvalue weighted by Gasteiger charge is 2.21. The predicted molar refractivity (Wildman–Crippen MR) is 109 cm³/mol. The minimum Gasteiger partial charge on any atom is -0.471 e. The summed E-state index contributed by atoms with van der Waals surface area (Å²) in [4.78, 5) is 13.6. The number of piperazine rings is 1. The van der Waals surface area contributed by atoms with Crippen LogP contribution >= 0.6 is 0 Å². The Bertz CT molecular complexity index is 956. The van der Waals surface area contributed by atoms with Gasteiger partial charge in [-0.05, 0) is 30.3 Å². The zero-order valence-electron chi connectivity index (χ0n) is 16.3. The van der Waals surface area contributed by atoms with Crippen molar-refractivity contribution in [2.75, 3.05) is 44.3 Å². The predicted octanol–water partition coefficient (Wildman–Crippen LogP) is 1.91. The molecule has 8 heteroatoms. The first-order chi connectivity index (χ1) is 14.3. The maximum atomic E-state index is 6.10. The van der Waals surface area contributed by atoms with E-state index in [1.54, 1.807) is 12.5 Å². The molecule has 0 amide bonds. The van der Waals surface area contributed by atoms with Crippen molar-refractivity contribution >= 4 is 16.6 Å². The van der Waals surface area contributed by atoms with Crippen LogP contribution < -0.4 is 9.64 Å². The molecular formula is C21H24N6O2. The van der Waals surface area contributed by atoms with Gasteiger partial charge in [-0.15, -0.1) is 0 Å². The van der Waals surface area contributed by atoms with Crippen molar-refractivity contribution in [3.05, 3.63) is 48.5 Å². The molecule has 2 aliphatic rings. The molecule has 2 aliphatic heterocycles. The van der Waals surface area contributed by atoms with Crippen LogP contribution in [0.4, 0.5) is 5.69 Å². The van der Waals surface area contributed by atoms with Crippen LogP contribution in [0.5, 0.6) is 5.88 Å². The molecule has 2 fully saturated rings. The van der Waals surface area contributed by atoms with Crippen molar-refractivity contribution in [1.29, 1.82) is 0 Å². The van der Waals surface area contributed by atoms with Gasteiger partial charge in [0, 0.05) is 51.0 Å². The number of hydrogen-bond acceptors (Lipinski definition) is 8. The summed E-state index contributed by atoms with van der Waals surface area (Å²) in [6, 6.07) is 10.3. The number of fused-ring (bicyclic) bond motifs is 1. The van der Waals surface area contributed by atoms with Gasteiger partial charge in [0.25, 0.3) is 0 Å². The van der Waals surface area contributed by atoms with Crippen molar-refractivity contribution in [3.8, 4) is 5.88 Å². The van der Waals surface area contributed by atoms with Gasteiger partial charge in [-0.2, -0.15) is 10.2 Å². The number of nitrogens with zero attached hydrogens (tertiary/aromatic N) is 6. The maximum Gasteiger partial charge on any atom is 0.224 e. The number of benzene rings is 1. The molecule has 0 N–H and O–H groups in total. The average Bonchev–Trinajstić information content (AvgIpc) is 3.28. The topological polar surface area (TPSA) is 76.5 Å². The Morgan fingerprint density at radius 3 is 2.83 bits per heavy atom. The Balaban J connectivity index is 1.29. The van der Waals surface area contributed by atoms with Gasteiger partial charge in [0.15, 0.2) is 0 Å². The molecule has 4 heterocycles. The SMILES string of the molecule is c1cnnc(CN2CCN(c3ccc4ncnc(OC5CCOC5)c4c3)CC2)c1. The van der Waals surface area contributed by atoms with E-state index >= 15 is 0 Å². The van der Waals surface area contributed by atoms with Gasteiger partial charge >= 0.3 is 0 Å². The van der Waals surface area contributed by atoms with E-state index in [0.29, 0.717) is 12.5 Å². The Kier molecular flexibility index (Phi) is 5.19. The minimum absolute atomic E-state index is 0.0707. The lowest BCUT2D eigenvalue weighted by atomic mass is 10.1. The van der Waals surface area contributed by atoms with E-state index in [9.17, 15) is 0 Å². The molecule has 5 rings (SSSR count). The second-order valence-electron chi connectivity index (χ2n) is 7.46. The molecule has 2 saturated heterocycles. The van der Waals surface area contributed by atoms with E-state index in [4.69, 9.17) is 9.47 Å². The number of rotatable bonds is 5. The summed E-state index contributed by atoms with van der Waals surface area (Å²) in [5, 5.41) is 9.12. The van der Waals surface area contributed by atoms with Crippen LogP contribution in [0.25, 0.3) is 10.9 Å². The number of hydrogen-bond donors (Lipinski definition) is 0. The molecule has 0 saturated carbocycles. The highest BCUT2D eigenvalue weighted by Crippen LogP contribution is 2.29. The summed E-state index contributed by atoms with van der Waals surface area (Å²) in [6.07, 6.45) is 4.25. The zero-order valence-corrected chi connectivity index (χ0v) is 16.3. The highest BCUT2D eigenvalue weighted by molar-refractivity contribution is 5.86. The molecule has 2 aromatic heterocycles. The Morgan fingerprint density at radius 2 is 2.03 bits per heavy atom. The zero-order chi connectivity index (χ0) is 19.5. The largest absolute Gasteiger partial charge is 0.471 e. The molecule has 0 bridgehead atoms. The summed E-state index contributed by atoms with van der Waals surface area (Å²) >= 11 is 0. The van der Waals surface area contributed by atoms with Gasteiger partial charge < -0.3 is 14.4 Å². The van der Waals surface area contributed by atoms with Gasteiger partial charge in [-0.3, -0.25) is 4.90 Å². The third-order valence-corrected chi connectivity index (χ3v) is 5.50. The first-order valence-electron chi connectivity index (χ1n) is 10.1. The second-order valence-corrected chi connectivity index (χ2v) is 7.46. The van der Waals surface area contributed by atoms with E-state index in [1.165, 1.54) is 5.69 Å². The Labute approximate surface area is 169 Å².